The van der Waals surface area contributed by atoms with Crippen LogP contribution in [0, 0.1) is 0 Å². The molecule has 0 amide bonds. The number of carbonyl (C=O) groups excluding carboxylic acids is 2. The molecular weight excluding hydrogens is 665 g/mol. The Kier molecular flexibility index (Phi) is 33.3. The molecule has 9 nitrogen and oxygen atoms in total. The molecule has 0 saturated heterocycles. The first-order valence-corrected chi connectivity index (χ1v) is 22.1. The molecule has 0 aliphatic rings. The first-order chi connectivity index (χ1) is 24.5. The number of esters is 2. The molecule has 0 bridgehead atoms. The molecule has 0 saturated carbocycles. The van der Waals surface area contributed by atoms with Gasteiger partial charge in [-0.05, 0) is 38.5 Å². The quantitative estimate of drug-likeness (QED) is 0.0220. The summed E-state index contributed by atoms with van der Waals surface area (Å²) < 4.78 is 34.2. The lowest BCUT2D eigenvalue weighted by Crippen LogP contribution is -2.37. The third-order valence-electron chi connectivity index (χ3n) is 8.76. The molecule has 0 aromatic carbocycles. The second kappa shape index (κ2) is 34.3. The molecule has 0 aliphatic heterocycles. The van der Waals surface area contributed by atoms with Crippen LogP contribution in [0.4, 0.5) is 0 Å². The van der Waals surface area contributed by atoms with Crippen LogP contribution in [0.5, 0.6) is 0 Å². The highest BCUT2D eigenvalue weighted by atomic mass is 31.2. The summed E-state index contributed by atoms with van der Waals surface area (Å²) in [5.41, 5.74) is 0. The monoisotopic (exact) mass is 745 g/mol. The first kappa shape index (κ1) is 49.5. The van der Waals surface area contributed by atoms with Gasteiger partial charge < -0.3 is 18.9 Å². The summed E-state index contributed by atoms with van der Waals surface area (Å²) in [5, 5.41) is 0. The molecule has 10 heteroatoms. The first-order valence-electron chi connectivity index (χ1n) is 20.6. The maximum absolute atomic E-state index is 12.6. The Morgan fingerprint density at radius 1 is 0.608 bits per heavy atom. The van der Waals surface area contributed by atoms with Crippen LogP contribution in [0.1, 0.15) is 174 Å². The fraction of sp³-hybridized carbons (Fsp3) is 0.854. The largest absolute Gasteiger partial charge is 0.472 e. The number of phosphoric ester groups is 1. The number of nitrogens with zero attached hydrogens (tertiary/aromatic N) is 1. The Bertz CT molecular complexity index is 933. The van der Waals surface area contributed by atoms with Crippen molar-refractivity contribution in [2.75, 3.05) is 47.5 Å². The topological polar surface area (TPSA) is 108 Å². The Morgan fingerprint density at radius 3 is 1.53 bits per heavy atom. The van der Waals surface area contributed by atoms with Crippen LogP contribution in [0.2, 0.25) is 0 Å². The Labute approximate surface area is 313 Å². The van der Waals surface area contributed by atoms with Crippen molar-refractivity contribution in [2.45, 2.75) is 180 Å². The molecule has 300 valence electrons. The molecule has 0 aromatic heterocycles. The standard InChI is InChI=1S/C41H78NO8P/c1-6-8-10-12-14-16-18-20-21-22-24-26-28-30-32-34-41(44)50-39(38-49-51(45,46)48-36-35-42(3,4)5)37-47-40(43)33-31-29-27-25-23-19-17-15-13-11-9-7-2/h16,18,20-21,39H,6-15,17,19,22-38H2,1-5H3/p+1/b18-16+,21-20+/t39-/m1/s1. The molecule has 0 heterocycles. The summed E-state index contributed by atoms with van der Waals surface area (Å²) in [4.78, 5) is 35.2. The van der Waals surface area contributed by atoms with Crippen molar-refractivity contribution in [1.29, 1.82) is 0 Å². The van der Waals surface area contributed by atoms with Gasteiger partial charge in [-0.15, -0.1) is 0 Å². The van der Waals surface area contributed by atoms with Crippen molar-refractivity contribution < 1.29 is 42.1 Å². The predicted octanol–water partition coefficient (Wildman–Crippen LogP) is 11.2. The molecule has 0 rings (SSSR count). The zero-order chi connectivity index (χ0) is 37.9. The van der Waals surface area contributed by atoms with E-state index < -0.39 is 26.5 Å². The Hall–Kier alpha value is -1.51. The lowest BCUT2D eigenvalue weighted by molar-refractivity contribution is -0.870. The van der Waals surface area contributed by atoms with Gasteiger partial charge in [0.25, 0.3) is 0 Å². The molecule has 0 spiro atoms. The lowest BCUT2D eigenvalue weighted by atomic mass is 10.0. The van der Waals surface area contributed by atoms with Crippen LogP contribution in [0.25, 0.3) is 0 Å². The maximum atomic E-state index is 12.6. The summed E-state index contributed by atoms with van der Waals surface area (Å²) in [5.74, 6) is -0.813. The van der Waals surface area contributed by atoms with Crippen molar-refractivity contribution >= 4 is 19.8 Å². The predicted molar refractivity (Wildman–Crippen MR) is 211 cm³/mol. The molecule has 2 atom stereocenters. The van der Waals surface area contributed by atoms with Crippen LogP contribution >= 0.6 is 7.82 Å². The third kappa shape index (κ3) is 38.0. The van der Waals surface area contributed by atoms with E-state index in [9.17, 15) is 19.0 Å². The van der Waals surface area contributed by atoms with Gasteiger partial charge in [-0.3, -0.25) is 18.6 Å². The van der Waals surface area contributed by atoms with Crippen molar-refractivity contribution in [2.24, 2.45) is 0 Å². The lowest BCUT2D eigenvalue weighted by Gasteiger charge is -2.24. The van der Waals surface area contributed by atoms with Crippen molar-refractivity contribution in [1.82, 2.24) is 0 Å². The normalized spacial score (nSPS) is 13.9. The number of carbonyl (C=O) groups is 2. The van der Waals surface area contributed by atoms with E-state index in [-0.39, 0.29) is 32.0 Å². The minimum Gasteiger partial charge on any atom is -0.462 e. The van der Waals surface area contributed by atoms with E-state index in [1.165, 1.54) is 83.5 Å². The fourth-order valence-electron chi connectivity index (χ4n) is 5.47. The number of hydrogen-bond donors (Lipinski definition) is 1. The average molecular weight is 745 g/mol. The highest BCUT2D eigenvalue weighted by Gasteiger charge is 2.27. The van der Waals surface area contributed by atoms with Gasteiger partial charge in [-0.1, -0.05) is 147 Å². The van der Waals surface area contributed by atoms with Crippen molar-refractivity contribution in [3.8, 4) is 0 Å². The summed E-state index contributed by atoms with van der Waals surface area (Å²) in [7, 11) is 1.47. The van der Waals surface area contributed by atoms with Gasteiger partial charge in [-0.2, -0.15) is 0 Å². The minimum atomic E-state index is -4.37. The average Bonchev–Trinajstić information content (AvgIpc) is 3.07. The minimum absolute atomic E-state index is 0.0301. The van der Waals surface area contributed by atoms with Gasteiger partial charge in [-0.25, -0.2) is 4.57 Å². The molecule has 1 N–H and O–H groups in total. The van der Waals surface area contributed by atoms with E-state index >= 15 is 0 Å². The van der Waals surface area contributed by atoms with E-state index in [1.54, 1.807) is 0 Å². The number of rotatable bonds is 37. The molecule has 0 aliphatic carbocycles. The Morgan fingerprint density at radius 2 is 1.04 bits per heavy atom. The molecular formula is C41H79NO8P+. The second-order valence-electron chi connectivity index (χ2n) is 15.1. The van der Waals surface area contributed by atoms with Crippen LogP contribution in [0.3, 0.4) is 0 Å². The molecule has 1 unspecified atom stereocenters. The second-order valence-corrected chi connectivity index (χ2v) is 16.5. The summed E-state index contributed by atoms with van der Waals surface area (Å²) in [6, 6.07) is 0. The van der Waals surface area contributed by atoms with Gasteiger partial charge in [0.15, 0.2) is 6.10 Å². The van der Waals surface area contributed by atoms with Crippen LogP contribution in [-0.4, -0.2) is 74.9 Å². The zero-order valence-corrected chi connectivity index (χ0v) is 34.5. The fourth-order valence-corrected chi connectivity index (χ4v) is 6.22. The number of phosphoric acid groups is 1. The molecule has 0 aromatic rings. The summed E-state index contributed by atoms with van der Waals surface area (Å²) >= 11 is 0. The van der Waals surface area contributed by atoms with Crippen LogP contribution in [0.15, 0.2) is 24.3 Å². The van der Waals surface area contributed by atoms with E-state index in [2.05, 4.69) is 38.2 Å². The molecule has 51 heavy (non-hydrogen) atoms. The Balaban J connectivity index is 4.43. The number of unbranched alkanes of at least 4 members (excludes halogenated alkanes) is 20. The summed E-state index contributed by atoms with van der Waals surface area (Å²) in [6.07, 6.45) is 35.0. The van der Waals surface area contributed by atoms with Gasteiger partial charge >= 0.3 is 19.8 Å². The van der Waals surface area contributed by atoms with Crippen molar-refractivity contribution in [3.63, 3.8) is 0 Å². The third-order valence-corrected chi connectivity index (χ3v) is 9.75. The van der Waals surface area contributed by atoms with E-state index in [4.69, 9.17) is 18.5 Å². The smallest absolute Gasteiger partial charge is 0.462 e. The molecule has 0 radical (unpaired) electrons. The highest BCUT2D eigenvalue weighted by molar-refractivity contribution is 7.47. The van der Waals surface area contributed by atoms with E-state index in [1.807, 2.05) is 21.1 Å². The number of ether oxygens (including phenoxy) is 2. The molecule has 0 fully saturated rings. The van der Waals surface area contributed by atoms with Crippen LogP contribution in [-0.2, 0) is 32.7 Å². The van der Waals surface area contributed by atoms with Gasteiger partial charge in [0, 0.05) is 12.8 Å². The van der Waals surface area contributed by atoms with Crippen LogP contribution < -0.4 is 0 Å². The van der Waals surface area contributed by atoms with E-state index in [0.717, 1.165) is 57.8 Å². The van der Waals surface area contributed by atoms with Gasteiger partial charge in [0.2, 0.25) is 0 Å². The van der Waals surface area contributed by atoms with E-state index in [0.29, 0.717) is 17.4 Å². The van der Waals surface area contributed by atoms with Gasteiger partial charge in [0.05, 0.1) is 27.7 Å². The number of likely N-dealkylation sites (N-methyl/N-ethyl adjacent to an activating group) is 1. The van der Waals surface area contributed by atoms with Gasteiger partial charge in [0.1, 0.15) is 19.8 Å². The number of quaternary nitrogens is 1. The summed E-state index contributed by atoms with van der Waals surface area (Å²) in [6.45, 7) is 4.38. The number of hydrogen-bond acceptors (Lipinski definition) is 7. The maximum Gasteiger partial charge on any atom is 0.472 e. The number of allylic oxidation sites excluding steroid dienone is 4. The SMILES string of the molecule is CCCCCC/C=C/C=C/CCCCCCCC(=O)O[C@H](COC(=O)CCCCCCCCCCCCCC)COP(=O)(O)OCC[N+](C)(C)C. The van der Waals surface area contributed by atoms with Crippen molar-refractivity contribution in [3.05, 3.63) is 24.3 Å². The zero-order valence-electron chi connectivity index (χ0n) is 33.6. The highest BCUT2D eigenvalue weighted by Crippen LogP contribution is 2.43.